The molecule has 118 valence electrons. The second kappa shape index (κ2) is 7.08. The van der Waals surface area contributed by atoms with Gasteiger partial charge in [-0.15, -0.1) is 11.3 Å². The van der Waals surface area contributed by atoms with E-state index in [1.165, 1.54) is 11.3 Å². The smallest absolute Gasteiger partial charge is 0.265 e. The van der Waals surface area contributed by atoms with E-state index in [4.69, 9.17) is 11.6 Å². The van der Waals surface area contributed by atoms with E-state index in [1.807, 2.05) is 36.4 Å². The van der Waals surface area contributed by atoms with Crippen LogP contribution in [0.5, 0.6) is 0 Å². The SMILES string of the molecule is O=C(c1sc2ccccc2c1Cl)N(CCO)Cc1cccnc1. The van der Waals surface area contributed by atoms with Crippen molar-refractivity contribution in [2.24, 2.45) is 0 Å². The molecule has 0 radical (unpaired) electrons. The van der Waals surface area contributed by atoms with Gasteiger partial charge in [-0.2, -0.15) is 0 Å². The summed E-state index contributed by atoms with van der Waals surface area (Å²) in [6.07, 6.45) is 3.40. The number of thiophene rings is 1. The normalized spacial score (nSPS) is 10.9. The highest BCUT2D eigenvalue weighted by molar-refractivity contribution is 7.21. The van der Waals surface area contributed by atoms with Gasteiger partial charge in [0.15, 0.2) is 0 Å². The van der Waals surface area contributed by atoms with Gasteiger partial charge < -0.3 is 10.0 Å². The Morgan fingerprint density at radius 3 is 2.78 bits per heavy atom. The Kier molecular flexibility index (Phi) is 4.91. The van der Waals surface area contributed by atoms with Crippen LogP contribution in [0.15, 0.2) is 48.8 Å². The lowest BCUT2D eigenvalue weighted by Gasteiger charge is -2.21. The maximum Gasteiger partial charge on any atom is 0.265 e. The van der Waals surface area contributed by atoms with Crippen molar-refractivity contribution in [3.05, 3.63) is 64.3 Å². The average Bonchev–Trinajstić information content (AvgIpc) is 2.92. The first-order chi connectivity index (χ1) is 11.2. The predicted molar refractivity (Wildman–Crippen MR) is 92.9 cm³/mol. The molecule has 0 unspecified atom stereocenters. The minimum Gasteiger partial charge on any atom is -0.395 e. The zero-order valence-electron chi connectivity index (χ0n) is 12.3. The number of rotatable bonds is 5. The second-order valence-corrected chi connectivity index (χ2v) is 6.48. The van der Waals surface area contributed by atoms with E-state index < -0.39 is 0 Å². The van der Waals surface area contributed by atoms with Crippen LogP contribution < -0.4 is 0 Å². The lowest BCUT2D eigenvalue weighted by atomic mass is 10.2. The summed E-state index contributed by atoms with van der Waals surface area (Å²) in [6.45, 7) is 0.532. The van der Waals surface area contributed by atoms with Gasteiger partial charge in [0.1, 0.15) is 4.88 Å². The molecule has 0 aliphatic rings. The first-order valence-corrected chi connectivity index (χ1v) is 8.36. The van der Waals surface area contributed by atoms with Crippen LogP contribution in [-0.2, 0) is 6.54 Å². The number of nitrogens with zero attached hydrogens (tertiary/aromatic N) is 2. The summed E-state index contributed by atoms with van der Waals surface area (Å²) in [7, 11) is 0. The molecule has 6 heteroatoms. The fourth-order valence-electron chi connectivity index (χ4n) is 2.38. The third-order valence-corrected chi connectivity index (χ3v) is 5.15. The van der Waals surface area contributed by atoms with Crippen molar-refractivity contribution in [1.29, 1.82) is 0 Å². The van der Waals surface area contributed by atoms with Crippen LogP contribution in [-0.4, -0.2) is 34.0 Å². The molecule has 0 aliphatic heterocycles. The van der Waals surface area contributed by atoms with Gasteiger partial charge in [-0.05, 0) is 17.7 Å². The van der Waals surface area contributed by atoms with Gasteiger partial charge in [-0.1, -0.05) is 35.9 Å². The van der Waals surface area contributed by atoms with E-state index in [2.05, 4.69) is 4.98 Å². The Morgan fingerprint density at radius 1 is 1.26 bits per heavy atom. The van der Waals surface area contributed by atoms with Gasteiger partial charge in [-0.25, -0.2) is 0 Å². The van der Waals surface area contributed by atoms with E-state index in [-0.39, 0.29) is 19.1 Å². The molecular weight excluding hydrogens is 332 g/mol. The van der Waals surface area contributed by atoms with Gasteiger partial charge in [-0.3, -0.25) is 9.78 Å². The van der Waals surface area contributed by atoms with Gasteiger partial charge in [0.25, 0.3) is 5.91 Å². The summed E-state index contributed by atoms with van der Waals surface area (Å²) in [6, 6.07) is 11.4. The highest BCUT2D eigenvalue weighted by Gasteiger charge is 2.22. The molecule has 0 fully saturated rings. The number of amides is 1. The van der Waals surface area contributed by atoms with Gasteiger partial charge in [0.2, 0.25) is 0 Å². The third-order valence-electron chi connectivity index (χ3n) is 3.48. The summed E-state index contributed by atoms with van der Waals surface area (Å²) in [5.74, 6) is -0.172. The Hall–Kier alpha value is -1.95. The molecule has 2 aromatic heterocycles. The molecule has 1 aromatic carbocycles. The topological polar surface area (TPSA) is 53.4 Å². The van der Waals surface area contributed by atoms with Crippen molar-refractivity contribution in [3.8, 4) is 0 Å². The Bertz CT molecular complexity index is 820. The maximum absolute atomic E-state index is 12.9. The molecule has 0 saturated heterocycles. The third kappa shape index (κ3) is 3.37. The van der Waals surface area contributed by atoms with Crippen LogP contribution in [0.2, 0.25) is 5.02 Å². The van der Waals surface area contributed by atoms with Crippen LogP contribution in [0.1, 0.15) is 15.2 Å². The van der Waals surface area contributed by atoms with Crippen molar-refractivity contribution in [3.63, 3.8) is 0 Å². The lowest BCUT2D eigenvalue weighted by molar-refractivity contribution is 0.0713. The van der Waals surface area contributed by atoms with Crippen molar-refractivity contribution < 1.29 is 9.90 Å². The Balaban J connectivity index is 1.92. The molecule has 0 spiro atoms. The van der Waals surface area contributed by atoms with E-state index in [0.29, 0.717) is 16.4 Å². The fourth-order valence-corrected chi connectivity index (χ4v) is 3.86. The molecule has 3 aromatic rings. The average molecular weight is 347 g/mol. The maximum atomic E-state index is 12.9. The number of aromatic nitrogens is 1. The Morgan fingerprint density at radius 2 is 2.09 bits per heavy atom. The van der Waals surface area contributed by atoms with Crippen LogP contribution >= 0.6 is 22.9 Å². The quantitative estimate of drug-likeness (QED) is 0.768. The number of halogens is 1. The zero-order valence-corrected chi connectivity index (χ0v) is 13.8. The first kappa shape index (κ1) is 15.9. The fraction of sp³-hybridized carbons (Fsp3) is 0.176. The second-order valence-electron chi connectivity index (χ2n) is 5.05. The molecule has 0 aliphatic carbocycles. The van der Waals surface area contributed by atoms with Crippen molar-refractivity contribution in [1.82, 2.24) is 9.88 Å². The lowest BCUT2D eigenvalue weighted by Crippen LogP contribution is -2.32. The summed E-state index contributed by atoms with van der Waals surface area (Å²) < 4.78 is 0.978. The number of carbonyl (C=O) groups is 1. The van der Waals surface area contributed by atoms with E-state index in [0.717, 1.165) is 15.6 Å². The number of aliphatic hydroxyl groups excluding tert-OH is 1. The van der Waals surface area contributed by atoms with E-state index in [1.54, 1.807) is 17.3 Å². The van der Waals surface area contributed by atoms with Gasteiger partial charge in [0.05, 0.1) is 11.6 Å². The van der Waals surface area contributed by atoms with Gasteiger partial charge in [0, 0.05) is 35.6 Å². The minimum absolute atomic E-state index is 0.103. The number of hydrogen-bond donors (Lipinski definition) is 1. The van der Waals surface area contributed by atoms with Crippen LogP contribution in [0.3, 0.4) is 0 Å². The molecule has 1 amide bonds. The number of hydrogen-bond acceptors (Lipinski definition) is 4. The Labute approximate surface area is 143 Å². The monoisotopic (exact) mass is 346 g/mol. The summed E-state index contributed by atoms with van der Waals surface area (Å²) in [4.78, 5) is 19.0. The number of fused-ring (bicyclic) bond motifs is 1. The first-order valence-electron chi connectivity index (χ1n) is 7.16. The molecule has 4 nitrogen and oxygen atoms in total. The molecule has 0 bridgehead atoms. The summed E-state index contributed by atoms with van der Waals surface area (Å²) in [5, 5.41) is 10.6. The molecule has 0 saturated carbocycles. The molecule has 2 heterocycles. The highest BCUT2D eigenvalue weighted by atomic mass is 35.5. The standard InChI is InChI=1S/C17H15ClN2O2S/c18-15-13-5-1-2-6-14(13)23-16(15)17(22)20(8-9-21)11-12-4-3-7-19-10-12/h1-7,10,21H,8-9,11H2. The van der Waals surface area contributed by atoms with Crippen molar-refractivity contribution in [2.45, 2.75) is 6.54 Å². The summed E-state index contributed by atoms with van der Waals surface area (Å²) >= 11 is 7.76. The minimum atomic E-state index is -0.172. The number of aliphatic hydroxyl groups is 1. The van der Waals surface area contributed by atoms with Crippen LogP contribution in [0, 0.1) is 0 Å². The predicted octanol–water partition coefficient (Wildman–Crippen LogP) is 3.58. The zero-order chi connectivity index (χ0) is 16.2. The molecule has 1 N–H and O–H groups in total. The van der Waals surface area contributed by atoms with E-state index >= 15 is 0 Å². The van der Waals surface area contributed by atoms with Crippen LogP contribution in [0.25, 0.3) is 10.1 Å². The number of carbonyl (C=O) groups excluding carboxylic acids is 1. The highest BCUT2D eigenvalue weighted by Crippen LogP contribution is 2.36. The van der Waals surface area contributed by atoms with Crippen LogP contribution in [0.4, 0.5) is 0 Å². The largest absolute Gasteiger partial charge is 0.395 e. The summed E-state index contributed by atoms with van der Waals surface area (Å²) in [5.41, 5.74) is 0.909. The van der Waals surface area contributed by atoms with Gasteiger partial charge >= 0.3 is 0 Å². The van der Waals surface area contributed by atoms with Crippen molar-refractivity contribution in [2.75, 3.05) is 13.2 Å². The number of pyridine rings is 1. The van der Waals surface area contributed by atoms with E-state index in [9.17, 15) is 9.90 Å². The molecule has 0 atom stereocenters. The van der Waals surface area contributed by atoms with Crippen molar-refractivity contribution >= 4 is 38.9 Å². The molecular formula is C17H15ClN2O2S. The number of benzene rings is 1. The molecule has 23 heavy (non-hydrogen) atoms. The molecule has 3 rings (SSSR count).